The lowest BCUT2D eigenvalue weighted by Crippen LogP contribution is -2.10. The predicted molar refractivity (Wildman–Crippen MR) is 122 cm³/mol. The first-order chi connectivity index (χ1) is 15.0. The van der Waals surface area contributed by atoms with E-state index in [4.69, 9.17) is 14.2 Å². The van der Waals surface area contributed by atoms with Gasteiger partial charge in [0.15, 0.2) is 0 Å². The van der Waals surface area contributed by atoms with E-state index in [1.807, 2.05) is 42.7 Å². The summed E-state index contributed by atoms with van der Waals surface area (Å²) < 4.78 is 16.2. The van der Waals surface area contributed by atoms with Gasteiger partial charge in [-0.25, -0.2) is 9.78 Å². The van der Waals surface area contributed by atoms with Crippen LogP contribution in [-0.4, -0.2) is 36.4 Å². The van der Waals surface area contributed by atoms with Crippen LogP contribution in [0.5, 0.6) is 11.6 Å². The zero-order chi connectivity index (χ0) is 22.4. The van der Waals surface area contributed by atoms with E-state index in [1.165, 1.54) is 37.8 Å². The van der Waals surface area contributed by atoms with Crippen molar-refractivity contribution >= 4 is 23.3 Å². The van der Waals surface area contributed by atoms with Crippen molar-refractivity contribution in [1.82, 2.24) is 9.97 Å². The summed E-state index contributed by atoms with van der Waals surface area (Å²) in [6.07, 6.45) is 3.19. The molecule has 0 atom stereocenters. The summed E-state index contributed by atoms with van der Waals surface area (Å²) in [7, 11) is 2.77. The largest absolute Gasteiger partial charge is 0.503 e. The highest BCUT2D eigenvalue weighted by molar-refractivity contribution is 7.98. The Bertz CT molecular complexity index is 1130. The first-order valence-corrected chi connectivity index (χ1v) is 10.8. The fourth-order valence-corrected chi connectivity index (χ4v) is 3.77. The number of benzene rings is 2. The van der Waals surface area contributed by atoms with Crippen molar-refractivity contribution in [3.63, 3.8) is 0 Å². The summed E-state index contributed by atoms with van der Waals surface area (Å²) in [6, 6.07) is 15.9. The summed E-state index contributed by atoms with van der Waals surface area (Å²) in [6.45, 7) is 3.84. The smallest absolute Gasteiger partial charge is 0.341 e. The molecule has 0 spiro atoms. The number of carbonyl (C=O) groups is 1. The van der Waals surface area contributed by atoms with E-state index in [2.05, 4.69) is 29.0 Å². The molecule has 0 aliphatic carbocycles. The number of thioether (sulfide) groups is 1. The lowest BCUT2D eigenvalue weighted by atomic mass is 10.0. The number of hydrogen-bond donors (Lipinski definition) is 0. The zero-order valence-corrected chi connectivity index (χ0v) is 18.9. The fourth-order valence-electron chi connectivity index (χ4n) is 3.15. The number of aromatic nitrogens is 2. The van der Waals surface area contributed by atoms with E-state index in [0.717, 1.165) is 11.1 Å². The molecule has 160 valence electrons. The van der Waals surface area contributed by atoms with Gasteiger partial charge in [0, 0.05) is 0 Å². The van der Waals surface area contributed by atoms with E-state index in [9.17, 15) is 4.79 Å². The maximum Gasteiger partial charge on any atom is 0.341 e. The Morgan fingerprint density at radius 2 is 1.81 bits per heavy atom. The summed E-state index contributed by atoms with van der Waals surface area (Å²) in [5.74, 6) is 0.809. The summed E-state index contributed by atoms with van der Waals surface area (Å²) in [5.41, 5.74) is 3.91. The minimum absolute atomic E-state index is 0.180. The minimum Gasteiger partial charge on any atom is -0.503 e. The van der Waals surface area contributed by atoms with Crippen molar-refractivity contribution in [3.8, 4) is 22.8 Å². The number of carbonyl (C=O) groups excluding carboxylic acids is 1. The molecule has 0 bridgehead atoms. The summed E-state index contributed by atoms with van der Waals surface area (Å²) >= 11 is 1.38. The van der Waals surface area contributed by atoms with E-state index in [-0.39, 0.29) is 11.5 Å². The Balaban J connectivity index is 2.11. The van der Waals surface area contributed by atoms with Crippen LogP contribution in [0.1, 0.15) is 17.0 Å². The van der Waals surface area contributed by atoms with Crippen molar-refractivity contribution in [2.24, 2.45) is 0 Å². The van der Waals surface area contributed by atoms with Gasteiger partial charge in [-0.3, -0.25) is 0 Å². The third-order valence-electron chi connectivity index (χ3n) is 4.56. The van der Waals surface area contributed by atoms with E-state index in [1.54, 1.807) is 6.92 Å². The van der Waals surface area contributed by atoms with Gasteiger partial charge in [-0.1, -0.05) is 36.4 Å². The predicted octanol–water partition coefficient (Wildman–Crippen LogP) is 5.43. The molecule has 3 rings (SSSR count). The van der Waals surface area contributed by atoms with Crippen molar-refractivity contribution in [2.75, 3.05) is 20.5 Å². The van der Waals surface area contributed by atoms with Crippen molar-refractivity contribution in [2.45, 2.75) is 18.9 Å². The number of nitrogens with zero attached hydrogens (tertiary/aromatic N) is 2. The van der Waals surface area contributed by atoms with Crippen LogP contribution < -0.4 is 4.74 Å². The molecule has 3 aromatic rings. The lowest BCUT2D eigenvalue weighted by Gasteiger charge is -2.15. The molecule has 2 aromatic carbocycles. The zero-order valence-electron chi connectivity index (χ0n) is 18.1. The topological polar surface area (TPSA) is 70.5 Å². The van der Waals surface area contributed by atoms with Gasteiger partial charge in [0.2, 0.25) is 5.88 Å². The van der Waals surface area contributed by atoms with Crippen LogP contribution in [0.3, 0.4) is 0 Å². The van der Waals surface area contributed by atoms with Gasteiger partial charge >= 0.3 is 5.97 Å². The van der Waals surface area contributed by atoms with Gasteiger partial charge in [-0.05, 0) is 48.9 Å². The van der Waals surface area contributed by atoms with Gasteiger partial charge < -0.3 is 14.2 Å². The normalized spacial score (nSPS) is 11.2. The maximum atomic E-state index is 12.4. The van der Waals surface area contributed by atoms with E-state index in [0.29, 0.717) is 22.2 Å². The molecule has 0 aliphatic heterocycles. The van der Waals surface area contributed by atoms with Crippen molar-refractivity contribution in [1.29, 1.82) is 0 Å². The van der Waals surface area contributed by atoms with E-state index < -0.39 is 5.97 Å². The van der Waals surface area contributed by atoms with Gasteiger partial charge in [-0.15, -0.1) is 11.8 Å². The number of aryl methyl sites for hydroxylation is 2. The number of methoxy groups -OCH3 is 2. The van der Waals surface area contributed by atoms with Gasteiger partial charge in [0.05, 0.1) is 26.0 Å². The number of hydrogen-bond acceptors (Lipinski definition) is 7. The van der Waals surface area contributed by atoms with Crippen LogP contribution in [0.4, 0.5) is 0 Å². The molecule has 1 aromatic heterocycles. The van der Waals surface area contributed by atoms with Gasteiger partial charge in [0.25, 0.3) is 0 Å². The monoisotopic (exact) mass is 436 g/mol. The second kappa shape index (κ2) is 10.1. The number of rotatable bonds is 7. The maximum absolute atomic E-state index is 12.4. The summed E-state index contributed by atoms with van der Waals surface area (Å²) in [5, 5.41) is 0.589. The second-order valence-corrected chi connectivity index (χ2v) is 7.46. The fraction of sp³-hybridized carbons (Fsp3) is 0.208. The van der Waals surface area contributed by atoms with Crippen LogP contribution >= 0.6 is 11.8 Å². The molecule has 0 saturated heterocycles. The van der Waals surface area contributed by atoms with Crippen LogP contribution in [0.2, 0.25) is 0 Å². The van der Waals surface area contributed by atoms with Crippen molar-refractivity contribution in [3.05, 3.63) is 71.7 Å². The van der Waals surface area contributed by atoms with Gasteiger partial charge in [0.1, 0.15) is 22.2 Å². The van der Waals surface area contributed by atoms with Gasteiger partial charge in [-0.2, -0.15) is 4.98 Å². The Morgan fingerprint density at radius 1 is 1.03 bits per heavy atom. The average molecular weight is 437 g/mol. The standard InChI is InChI=1S/C24H24N2O4S/c1-15-9-6-7-12-19(15)17-10-8-11-18(13-17)30-22-21(20(14-28-3)24(27)29-4)23(31-5)26-16(2)25-22/h6-14H,1-5H3. The quantitative estimate of drug-likeness (QED) is 0.161. The lowest BCUT2D eigenvalue weighted by molar-refractivity contribution is -0.133. The molecular weight excluding hydrogens is 412 g/mol. The molecule has 0 unspecified atom stereocenters. The van der Waals surface area contributed by atoms with E-state index >= 15 is 0 Å². The van der Waals surface area contributed by atoms with Crippen LogP contribution in [0.25, 0.3) is 16.7 Å². The Hall–Kier alpha value is -3.32. The molecule has 6 nitrogen and oxygen atoms in total. The Morgan fingerprint density at radius 3 is 2.48 bits per heavy atom. The second-order valence-electron chi connectivity index (χ2n) is 6.66. The molecule has 1 heterocycles. The highest BCUT2D eigenvalue weighted by atomic mass is 32.2. The highest BCUT2D eigenvalue weighted by Crippen LogP contribution is 2.36. The molecule has 0 amide bonds. The summed E-state index contributed by atoms with van der Waals surface area (Å²) in [4.78, 5) is 21.4. The van der Waals surface area contributed by atoms with Crippen LogP contribution in [0.15, 0.2) is 59.8 Å². The molecule has 0 N–H and O–H groups in total. The molecule has 0 aliphatic rings. The van der Waals surface area contributed by atoms with Crippen LogP contribution in [0, 0.1) is 13.8 Å². The molecular formula is C24H24N2O4S. The molecule has 31 heavy (non-hydrogen) atoms. The first kappa shape index (κ1) is 22.4. The molecule has 0 fully saturated rings. The molecule has 0 saturated carbocycles. The highest BCUT2D eigenvalue weighted by Gasteiger charge is 2.25. The minimum atomic E-state index is -0.567. The average Bonchev–Trinajstić information content (AvgIpc) is 2.77. The third-order valence-corrected chi connectivity index (χ3v) is 5.24. The Labute approximate surface area is 186 Å². The van der Waals surface area contributed by atoms with Crippen LogP contribution in [-0.2, 0) is 14.3 Å². The third kappa shape index (κ3) is 5.06. The number of ether oxygens (including phenoxy) is 3. The first-order valence-electron chi connectivity index (χ1n) is 9.56. The van der Waals surface area contributed by atoms with Crippen molar-refractivity contribution < 1.29 is 19.0 Å². The molecule has 7 heteroatoms. The number of esters is 1. The SMILES string of the molecule is COC=C(C(=O)OC)c1c(Oc2cccc(-c3ccccc3C)c2)nc(C)nc1SC. The molecule has 0 radical (unpaired) electrons. The Kier molecular flexibility index (Phi) is 7.31.